The van der Waals surface area contributed by atoms with E-state index in [0.29, 0.717) is 17.4 Å². The molecule has 0 atom stereocenters. The molecule has 0 amide bonds. The van der Waals surface area contributed by atoms with Crippen LogP contribution in [0, 0.1) is 5.82 Å². The standard InChI is InChI=1S/C15H18FN3O/c1-10(2)20-15-13(17)8-9-14(18-15)19(3)12-6-4-11(16)5-7-12/h4-10H,17H2,1-3H3. The summed E-state index contributed by atoms with van der Waals surface area (Å²) in [7, 11) is 1.85. The van der Waals surface area contributed by atoms with Crippen molar-refractivity contribution in [3.63, 3.8) is 0 Å². The van der Waals surface area contributed by atoms with Crippen molar-refractivity contribution in [2.45, 2.75) is 20.0 Å². The van der Waals surface area contributed by atoms with Crippen LogP contribution in [0.4, 0.5) is 21.6 Å². The van der Waals surface area contributed by atoms with Gasteiger partial charge >= 0.3 is 0 Å². The van der Waals surface area contributed by atoms with Crippen molar-refractivity contribution < 1.29 is 9.13 Å². The summed E-state index contributed by atoms with van der Waals surface area (Å²) in [5, 5.41) is 0. The Hall–Kier alpha value is -2.30. The summed E-state index contributed by atoms with van der Waals surface area (Å²) < 4.78 is 18.5. The molecule has 106 valence electrons. The topological polar surface area (TPSA) is 51.4 Å². The lowest BCUT2D eigenvalue weighted by atomic mass is 10.3. The summed E-state index contributed by atoms with van der Waals surface area (Å²) in [6.45, 7) is 3.83. The summed E-state index contributed by atoms with van der Waals surface area (Å²) in [6, 6.07) is 9.75. The Kier molecular flexibility index (Phi) is 4.08. The van der Waals surface area contributed by atoms with Gasteiger partial charge in [-0.1, -0.05) is 0 Å². The minimum Gasteiger partial charge on any atom is -0.473 e. The van der Waals surface area contributed by atoms with E-state index in [0.717, 1.165) is 5.69 Å². The Morgan fingerprint density at radius 1 is 1.15 bits per heavy atom. The monoisotopic (exact) mass is 275 g/mol. The molecule has 20 heavy (non-hydrogen) atoms. The van der Waals surface area contributed by atoms with Gasteiger partial charge in [0.15, 0.2) is 0 Å². The van der Waals surface area contributed by atoms with Crippen molar-refractivity contribution in [1.29, 1.82) is 0 Å². The number of pyridine rings is 1. The highest BCUT2D eigenvalue weighted by atomic mass is 19.1. The highest BCUT2D eigenvalue weighted by Gasteiger charge is 2.10. The zero-order valence-electron chi connectivity index (χ0n) is 11.8. The fourth-order valence-electron chi connectivity index (χ4n) is 1.74. The molecular formula is C15H18FN3O. The van der Waals surface area contributed by atoms with Crippen molar-refractivity contribution in [2.75, 3.05) is 17.7 Å². The number of hydrogen-bond acceptors (Lipinski definition) is 4. The van der Waals surface area contributed by atoms with Gasteiger partial charge in [-0.05, 0) is 50.2 Å². The molecule has 0 bridgehead atoms. The number of anilines is 3. The van der Waals surface area contributed by atoms with E-state index in [-0.39, 0.29) is 11.9 Å². The summed E-state index contributed by atoms with van der Waals surface area (Å²) >= 11 is 0. The van der Waals surface area contributed by atoms with Crippen LogP contribution in [0.15, 0.2) is 36.4 Å². The number of nitrogens with zero attached hydrogens (tertiary/aromatic N) is 2. The molecule has 2 rings (SSSR count). The summed E-state index contributed by atoms with van der Waals surface area (Å²) in [6.07, 6.45) is -0.00354. The van der Waals surface area contributed by atoms with E-state index < -0.39 is 0 Å². The van der Waals surface area contributed by atoms with Gasteiger partial charge < -0.3 is 15.4 Å². The van der Waals surface area contributed by atoms with E-state index >= 15 is 0 Å². The molecule has 2 N–H and O–H groups in total. The zero-order chi connectivity index (χ0) is 14.7. The Morgan fingerprint density at radius 3 is 2.40 bits per heavy atom. The third-order valence-corrected chi connectivity index (χ3v) is 2.78. The first-order valence-corrected chi connectivity index (χ1v) is 6.40. The van der Waals surface area contributed by atoms with Crippen LogP contribution in [0.3, 0.4) is 0 Å². The fraction of sp³-hybridized carbons (Fsp3) is 0.267. The van der Waals surface area contributed by atoms with Crippen molar-refractivity contribution in [3.05, 3.63) is 42.2 Å². The second kappa shape index (κ2) is 5.77. The average molecular weight is 275 g/mol. The molecule has 0 saturated carbocycles. The first kappa shape index (κ1) is 14.1. The summed E-state index contributed by atoms with van der Waals surface area (Å²) in [4.78, 5) is 6.24. The first-order chi connectivity index (χ1) is 9.47. The van der Waals surface area contributed by atoms with E-state index in [1.165, 1.54) is 12.1 Å². The van der Waals surface area contributed by atoms with Gasteiger partial charge in [0.25, 0.3) is 0 Å². The highest BCUT2D eigenvalue weighted by molar-refractivity contribution is 5.62. The molecule has 0 spiro atoms. The van der Waals surface area contributed by atoms with Gasteiger partial charge in [0, 0.05) is 12.7 Å². The van der Waals surface area contributed by atoms with Gasteiger partial charge in [0.05, 0.1) is 11.8 Å². The van der Waals surface area contributed by atoms with Crippen LogP contribution in [0.25, 0.3) is 0 Å². The van der Waals surface area contributed by atoms with Gasteiger partial charge in [0.2, 0.25) is 5.88 Å². The Bertz CT molecular complexity index is 584. The molecule has 2 aromatic rings. The third-order valence-electron chi connectivity index (χ3n) is 2.78. The van der Waals surface area contributed by atoms with Crippen molar-refractivity contribution in [3.8, 4) is 5.88 Å². The number of halogens is 1. The van der Waals surface area contributed by atoms with Gasteiger partial charge in [-0.2, -0.15) is 4.98 Å². The molecule has 1 heterocycles. The van der Waals surface area contributed by atoms with E-state index in [9.17, 15) is 4.39 Å². The van der Waals surface area contributed by atoms with Crippen LogP contribution in [0.2, 0.25) is 0 Å². The lowest BCUT2D eigenvalue weighted by Crippen LogP contribution is -2.14. The molecule has 0 unspecified atom stereocenters. The molecule has 0 aliphatic heterocycles. The predicted molar refractivity (Wildman–Crippen MR) is 78.9 cm³/mol. The summed E-state index contributed by atoms with van der Waals surface area (Å²) in [5.41, 5.74) is 7.17. The fourth-order valence-corrected chi connectivity index (χ4v) is 1.74. The van der Waals surface area contributed by atoms with Crippen molar-refractivity contribution in [1.82, 2.24) is 4.98 Å². The van der Waals surface area contributed by atoms with Gasteiger partial charge in [-0.15, -0.1) is 0 Å². The van der Waals surface area contributed by atoms with E-state index in [4.69, 9.17) is 10.5 Å². The maximum Gasteiger partial charge on any atom is 0.239 e. The number of nitrogens with two attached hydrogens (primary N) is 1. The van der Waals surface area contributed by atoms with Crippen LogP contribution >= 0.6 is 0 Å². The lowest BCUT2D eigenvalue weighted by Gasteiger charge is -2.20. The third kappa shape index (κ3) is 3.17. The smallest absolute Gasteiger partial charge is 0.239 e. The largest absolute Gasteiger partial charge is 0.473 e. The number of aromatic nitrogens is 1. The van der Waals surface area contributed by atoms with E-state index in [1.807, 2.05) is 25.8 Å². The van der Waals surface area contributed by atoms with E-state index in [1.54, 1.807) is 24.3 Å². The molecule has 0 aliphatic rings. The maximum atomic E-state index is 12.9. The number of rotatable bonds is 4. The molecule has 4 nitrogen and oxygen atoms in total. The first-order valence-electron chi connectivity index (χ1n) is 6.40. The van der Waals surface area contributed by atoms with Gasteiger partial charge in [0.1, 0.15) is 11.6 Å². The SMILES string of the molecule is CC(C)Oc1nc(N(C)c2ccc(F)cc2)ccc1N. The van der Waals surface area contributed by atoms with Crippen LogP contribution < -0.4 is 15.4 Å². The van der Waals surface area contributed by atoms with Crippen LogP contribution in [0.1, 0.15) is 13.8 Å². The molecule has 1 aromatic carbocycles. The number of hydrogen-bond donors (Lipinski definition) is 1. The number of nitrogen functional groups attached to an aromatic ring is 1. The number of ether oxygens (including phenoxy) is 1. The Labute approximate surface area is 118 Å². The van der Waals surface area contributed by atoms with Crippen molar-refractivity contribution >= 4 is 17.2 Å². The van der Waals surface area contributed by atoms with E-state index in [2.05, 4.69) is 4.98 Å². The minimum atomic E-state index is -0.267. The minimum absolute atomic E-state index is 0.00354. The number of benzene rings is 1. The molecule has 0 fully saturated rings. The molecular weight excluding hydrogens is 257 g/mol. The molecule has 0 saturated heterocycles. The second-order valence-corrected chi connectivity index (χ2v) is 4.77. The Morgan fingerprint density at radius 2 is 1.80 bits per heavy atom. The molecule has 0 radical (unpaired) electrons. The highest BCUT2D eigenvalue weighted by Crippen LogP contribution is 2.27. The lowest BCUT2D eigenvalue weighted by molar-refractivity contribution is 0.234. The normalized spacial score (nSPS) is 10.7. The zero-order valence-corrected chi connectivity index (χ0v) is 11.8. The van der Waals surface area contributed by atoms with Crippen LogP contribution in [-0.4, -0.2) is 18.1 Å². The molecule has 1 aromatic heterocycles. The van der Waals surface area contributed by atoms with Crippen LogP contribution in [0.5, 0.6) is 5.88 Å². The predicted octanol–water partition coefficient (Wildman–Crippen LogP) is 3.36. The van der Waals surface area contributed by atoms with Crippen LogP contribution in [-0.2, 0) is 0 Å². The maximum absolute atomic E-state index is 12.9. The van der Waals surface area contributed by atoms with Gasteiger partial charge in [-0.25, -0.2) is 4.39 Å². The summed E-state index contributed by atoms with van der Waals surface area (Å²) in [5.74, 6) is 0.823. The average Bonchev–Trinajstić information content (AvgIpc) is 2.41. The van der Waals surface area contributed by atoms with Gasteiger partial charge in [-0.3, -0.25) is 0 Å². The molecule has 5 heteroatoms. The second-order valence-electron chi connectivity index (χ2n) is 4.77. The Balaban J connectivity index is 2.30. The quantitative estimate of drug-likeness (QED) is 0.929. The van der Waals surface area contributed by atoms with Crippen molar-refractivity contribution in [2.24, 2.45) is 0 Å². The molecule has 0 aliphatic carbocycles.